The number of aromatic nitrogens is 3. The van der Waals surface area contributed by atoms with Crippen molar-refractivity contribution < 1.29 is 4.98 Å². The van der Waals surface area contributed by atoms with Crippen LogP contribution in [-0.4, -0.2) is 9.97 Å². The van der Waals surface area contributed by atoms with Gasteiger partial charge in [0.05, 0.1) is 16.4 Å². The van der Waals surface area contributed by atoms with Crippen LogP contribution in [0.25, 0.3) is 21.9 Å². The van der Waals surface area contributed by atoms with Gasteiger partial charge in [0.1, 0.15) is 0 Å². The summed E-state index contributed by atoms with van der Waals surface area (Å²) in [5.41, 5.74) is 3.17. The number of hydrogen-bond acceptors (Lipinski definition) is 1. The molecule has 0 bridgehead atoms. The maximum absolute atomic E-state index is 4.26. The number of rotatable bonds is 0. The van der Waals surface area contributed by atoms with Gasteiger partial charge in [0, 0.05) is 24.5 Å². The normalized spacial score (nSPS) is 11.1. The molecule has 3 heteroatoms. The third-order valence-electron chi connectivity index (χ3n) is 2.20. The van der Waals surface area contributed by atoms with Crippen LogP contribution in [0, 0.1) is 0 Å². The van der Waals surface area contributed by atoms with E-state index in [1.807, 2.05) is 18.5 Å². The van der Waals surface area contributed by atoms with E-state index in [1.165, 1.54) is 5.39 Å². The second-order valence-corrected chi connectivity index (χ2v) is 3.02. The Bertz CT molecular complexity index is 519. The van der Waals surface area contributed by atoms with Gasteiger partial charge in [0.15, 0.2) is 6.20 Å². The second-order valence-electron chi connectivity index (χ2n) is 3.02. The maximum Gasteiger partial charge on any atom is 0.213 e. The van der Waals surface area contributed by atoms with Gasteiger partial charge < -0.3 is 4.98 Å². The molecule has 0 fully saturated rings. The fourth-order valence-electron chi connectivity index (χ4n) is 1.56. The number of aromatic amines is 2. The second kappa shape index (κ2) is 2.29. The Kier molecular flexibility index (Phi) is 1.16. The van der Waals surface area contributed by atoms with E-state index in [1.54, 1.807) is 6.20 Å². The van der Waals surface area contributed by atoms with Crippen LogP contribution in [0.5, 0.6) is 0 Å². The first kappa shape index (κ1) is 6.60. The fourth-order valence-corrected chi connectivity index (χ4v) is 1.56. The third-order valence-corrected chi connectivity index (χ3v) is 2.20. The molecule has 0 saturated carbocycles. The van der Waals surface area contributed by atoms with E-state index >= 15 is 0 Å². The molecule has 2 heterocycles. The van der Waals surface area contributed by atoms with Crippen molar-refractivity contribution in [2.45, 2.75) is 0 Å². The number of nitrogens with zero attached hydrogens (tertiary/aromatic N) is 1. The van der Waals surface area contributed by atoms with Crippen LogP contribution in [0.2, 0.25) is 0 Å². The van der Waals surface area contributed by atoms with E-state index in [0.717, 1.165) is 16.6 Å². The number of benzene rings is 1. The van der Waals surface area contributed by atoms with Crippen LogP contribution in [0.1, 0.15) is 0 Å². The summed E-state index contributed by atoms with van der Waals surface area (Å²) in [5.74, 6) is 0. The predicted octanol–water partition coefficient (Wildman–Crippen LogP) is 1.53. The van der Waals surface area contributed by atoms with Crippen molar-refractivity contribution in [3.8, 4) is 0 Å². The van der Waals surface area contributed by atoms with Gasteiger partial charge in [0.25, 0.3) is 0 Å². The van der Waals surface area contributed by atoms with Gasteiger partial charge in [-0.3, -0.25) is 4.98 Å². The molecule has 0 saturated heterocycles. The monoisotopic (exact) mass is 170 g/mol. The van der Waals surface area contributed by atoms with Crippen molar-refractivity contribution >= 4 is 21.9 Å². The fraction of sp³-hybridized carbons (Fsp3) is 0. The van der Waals surface area contributed by atoms with Crippen LogP contribution in [-0.2, 0) is 0 Å². The molecule has 0 amide bonds. The van der Waals surface area contributed by atoms with Gasteiger partial charge in [-0.2, -0.15) is 0 Å². The number of fused-ring (bicyclic) bond motifs is 2. The van der Waals surface area contributed by atoms with Crippen molar-refractivity contribution in [3.05, 3.63) is 36.8 Å². The lowest BCUT2D eigenvalue weighted by molar-refractivity contribution is -0.341. The highest BCUT2D eigenvalue weighted by Crippen LogP contribution is 2.15. The molecule has 1 aromatic carbocycles. The number of hydrogen-bond donors (Lipinski definition) is 1. The molecular weight excluding hydrogens is 162 g/mol. The van der Waals surface area contributed by atoms with Crippen molar-refractivity contribution in [1.29, 1.82) is 0 Å². The zero-order valence-corrected chi connectivity index (χ0v) is 6.91. The molecule has 0 aliphatic carbocycles. The van der Waals surface area contributed by atoms with E-state index in [4.69, 9.17) is 0 Å². The van der Waals surface area contributed by atoms with E-state index in [0.29, 0.717) is 0 Å². The van der Waals surface area contributed by atoms with Gasteiger partial charge >= 0.3 is 0 Å². The molecule has 62 valence electrons. The average molecular weight is 170 g/mol. The molecular formula is C10H8N3+. The Balaban J connectivity index is 2.57. The van der Waals surface area contributed by atoms with Crippen molar-refractivity contribution in [3.63, 3.8) is 0 Å². The highest BCUT2D eigenvalue weighted by molar-refractivity contribution is 5.90. The molecule has 3 aromatic rings. The topological polar surface area (TPSA) is 42.8 Å². The van der Waals surface area contributed by atoms with Gasteiger partial charge in [-0.25, -0.2) is 4.98 Å². The Hall–Kier alpha value is -1.90. The summed E-state index contributed by atoms with van der Waals surface area (Å²) in [7, 11) is 0. The summed E-state index contributed by atoms with van der Waals surface area (Å²) in [6.45, 7) is 0. The quantitative estimate of drug-likeness (QED) is 0.546. The minimum Gasteiger partial charge on any atom is -0.358 e. The summed E-state index contributed by atoms with van der Waals surface area (Å²) < 4.78 is 0. The minimum absolute atomic E-state index is 0.984. The number of nitrogens with one attached hydrogen (secondary N) is 2. The summed E-state index contributed by atoms with van der Waals surface area (Å²) in [4.78, 5) is 10.6. The summed E-state index contributed by atoms with van der Waals surface area (Å²) in [5, 5.41) is 1.21. The maximum atomic E-state index is 4.26. The Morgan fingerprint density at radius 1 is 1.31 bits per heavy atom. The van der Waals surface area contributed by atoms with Gasteiger partial charge in [-0.1, -0.05) is 0 Å². The largest absolute Gasteiger partial charge is 0.358 e. The molecule has 3 nitrogen and oxygen atoms in total. The molecule has 0 aliphatic rings. The lowest BCUT2D eigenvalue weighted by Crippen LogP contribution is -1.94. The third kappa shape index (κ3) is 0.902. The SMILES string of the molecule is c1c[nH]c2cc3cc[nH+]c3cc2n1. The molecule has 0 unspecified atom stereocenters. The van der Waals surface area contributed by atoms with E-state index in [-0.39, 0.29) is 0 Å². The first-order chi connectivity index (χ1) is 6.43. The van der Waals surface area contributed by atoms with E-state index in [9.17, 15) is 0 Å². The lowest BCUT2D eigenvalue weighted by atomic mass is 10.2. The molecule has 0 spiro atoms. The number of H-pyrrole nitrogens is 2. The van der Waals surface area contributed by atoms with Crippen LogP contribution < -0.4 is 4.98 Å². The lowest BCUT2D eigenvalue weighted by Gasteiger charge is -1.93. The Morgan fingerprint density at radius 3 is 3.31 bits per heavy atom. The molecule has 0 radical (unpaired) electrons. The molecule has 13 heavy (non-hydrogen) atoms. The summed E-state index contributed by atoms with van der Waals surface area (Å²) >= 11 is 0. The van der Waals surface area contributed by atoms with Gasteiger partial charge in [-0.15, -0.1) is 0 Å². The van der Waals surface area contributed by atoms with Crippen molar-refractivity contribution in [2.24, 2.45) is 0 Å². The molecule has 0 atom stereocenters. The standard InChI is InChI=1S/C10H7N3/c1-2-11-8-6-10-9(5-7(1)8)12-3-4-13-10/h1-6,12H/p+1. The molecule has 2 aromatic heterocycles. The van der Waals surface area contributed by atoms with E-state index in [2.05, 4.69) is 27.1 Å². The van der Waals surface area contributed by atoms with E-state index < -0.39 is 0 Å². The predicted molar refractivity (Wildman–Crippen MR) is 50.2 cm³/mol. The first-order valence-electron chi connectivity index (χ1n) is 4.17. The van der Waals surface area contributed by atoms with Crippen molar-refractivity contribution in [2.75, 3.05) is 0 Å². The van der Waals surface area contributed by atoms with Crippen molar-refractivity contribution in [1.82, 2.24) is 9.97 Å². The van der Waals surface area contributed by atoms with Crippen LogP contribution in [0.3, 0.4) is 0 Å². The Labute approximate surface area is 74.4 Å². The smallest absolute Gasteiger partial charge is 0.213 e. The van der Waals surface area contributed by atoms with Crippen LogP contribution >= 0.6 is 0 Å². The highest BCUT2D eigenvalue weighted by Gasteiger charge is 2.03. The van der Waals surface area contributed by atoms with Crippen LogP contribution in [0.4, 0.5) is 0 Å². The molecule has 0 aliphatic heterocycles. The van der Waals surface area contributed by atoms with Gasteiger partial charge in [-0.05, 0) is 6.07 Å². The molecule has 2 N–H and O–H groups in total. The minimum atomic E-state index is 0.984. The zero-order valence-electron chi connectivity index (χ0n) is 6.91. The summed E-state index contributed by atoms with van der Waals surface area (Å²) in [6.07, 6.45) is 5.53. The summed E-state index contributed by atoms with van der Waals surface area (Å²) in [6, 6.07) is 6.19. The zero-order chi connectivity index (χ0) is 8.67. The average Bonchev–Trinajstić information content (AvgIpc) is 2.61. The first-order valence-corrected chi connectivity index (χ1v) is 4.17. The van der Waals surface area contributed by atoms with Crippen LogP contribution in [0.15, 0.2) is 36.8 Å². The molecule has 3 rings (SSSR count). The Morgan fingerprint density at radius 2 is 2.31 bits per heavy atom. The highest BCUT2D eigenvalue weighted by atomic mass is 14.8. The van der Waals surface area contributed by atoms with Gasteiger partial charge in [0.2, 0.25) is 5.52 Å².